The normalized spacial score (nSPS) is 18.4. The molecule has 1 unspecified atom stereocenters. The van der Waals surface area contributed by atoms with E-state index in [1.807, 2.05) is 0 Å². The molecule has 12 heteroatoms. The Labute approximate surface area is 233 Å². The van der Waals surface area contributed by atoms with E-state index in [4.69, 9.17) is 37.7 Å². The molecular formula is C27H26Cl2F2N6O2. The van der Waals surface area contributed by atoms with E-state index in [0.29, 0.717) is 23.9 Å². The minimum atomic E-state index is -0.580. The third kappa shape index (κ3) is 5.84. The summed E-state index contributed by atoms with van der Waals surface area (Å²) in [7, 11) is 0. The lowest BCUT2D eigenvalue weighted by Gasteiger charge is -2.32. The number of hydrogen-bond donors (Lipinski definition) is 0. The first-order valence-corrected chi connectivity index (χ1v) is 13.6. The van der Waals surface area contributed by atoms with Crippen LogP contribution in [-0.4, -0.2) is 55.4 Å². The lowest BCUT2D eigenvalue weighted by molar-refractivity contribution is -0.0593. The van der Waals surface area contributed by atoms with Crippen LogP contribution in [0.25, 0.3) is 11.2 Å². The zero-order valence-corrected chi connectivity index (χ0v) is 22.5. The van der Waals surface area contributed by atoms with Crippen molar-refractivity contribution in [2.75, 3.05) is 19.7 Å². The average molecular weight is 575 g/mol. The van der Waals surface area contributed by atoms with Gasteiger partial charge in [-0.2, -0.15) is 0 Å². The van der Waals surface area contributed by atoms with Gasteiger partial charge >= 0.3 is 0 Å². The molecule has 2 aliphatic rings. The maximum atomic E-state index is 14.4. The van der Waals surface area contributed by atoms with Gasteiger partial charge < -0.3 is 14.0 Å². The molecule has 2 fully saturated rings. The van der Waals surface area contributed by atoms with Gasteiger partial charge in [0.25, 0.3) is 5.88 Å². The first kappa shape index (κ1) is 26.3. The number of ether oxygens (including phenoxy) is 2. The molecule has 2 aliphatic heterocycles. The SMILES string of the molecule is Fc1cc(Cl)ccc1COc1nc(C2CCN(Cc3nc4cc(Cl)nnc4n3CC3CCO3)CC2)ccc1F. The molecule has 0 N–H and O–H groups in total. The highest BCUT2D eigenvalue weighted by Gasteiger charge is 2.27. The van der Waals surface area contributed by atoms with E-state index >= 15 is 0 Å². The van der Waals surface area contributed by atoms with E-state index in [2.05, 4.69) is 24.6 Å². The summed E-state index contributed by atoms with van der Waals surface area (Å²) in [4.78, 5) is 11.6. The summed E-state index contributed by atoms with van der Waals surface area (Å²) >= 11 is 11.9. The van der Waals surface area contributed by atoms with E-state index < -0.39 is 11.6 Å². The average Bonchev–Trinajstić information content (AvgIpc) is 3.22. The molecule has 0 radical (unpaired) electrons. The number of imidazole rings is 1. The molecular weight excluding hydrogens is 549 g/mol. The molecule has 5 heterocycles. The second-order valence-corrected chi connectivity index (χ2v) is 10.7. The van der Waals surface area contributed by atoms with Gasteiger partial charge in [-0.3, -0.25) is 4.90 Å². The topological polar surface area (TPSA) is 78.2 Å². The van der Waals surface area contributed by atoms with Crippen LogP contribution in [0.4, 0.5) is 8.78 Å². The fourth-order valence-corrected chi connectivity index (χ4v) is 5.33. The predicted molar refractivity (Wildman–Crippen MR) is 142 cm³/mol. The summed E-state index contributed by atoms with van der Waals surface area (Å²) in [5.74, 6) is -0.154. The van der Waals surface area contributed by atoms with Crippen LogP contribution >= 0.6 is 23.2 Å². The maximum absolute atomic E-state index is 14.4. The van der Waals surface area contributed by atoms with Gasteiger partial charge in [0.05, 0.1) is 19.2 Å². The molecule has 0 aliphatic carbocycles. The standard InChI is InChI=1S/C27H26Cl2F2N6O2/c28-18-2-1-17(21(31)11-18)15-39-27-20(30)3-4-22(33-27)16-5-8-36(9-6-16)14-25-32-23-12-24(29)34-35-26(23)37(25)13-19-7-10-38-19/h1-4,11-12,16,19H,5-10,13-15H2. The van der Waals surface area contributed by atoms with E-state index in [-0.39, 0.29) is 35.1 Å². The van der Waals surface area contributed by atoms with Crippen molar-refractivity contribution in [2.24, 2.45) is 0 Å². The number of pyridine rings is 1. The third-order valence-corrected chi connectivity index (χ3v) is 7.73. The summed E-state index contributed by atoms with van der Waals surface area (Å²) in [6.07, 6.45) is 2.86. The van der Waals surface area contributed by atoms with Crippen molar-refractivity contribution in [3.8, 4) is 5.88 Å². The highest BCUT2D eigenvalue weighted by atomic mass is 35.5. The molecule has 3 aromatic heterocycles. The summed E-state index contributed by atoms with van der Waals surface area (Å²) in [5, 5.41) is 8.89. The summed E-state index contributed by atoms with van der Waals surface area (Å²) < 4.78 is 41.8. The lowest BCUT2D eigenvalue weighted by Crippen LogP contribution is -2.35. The van der Waals surface area contributed by atoms with Crippen LogP contribution in [-0.2, 0) is 24.4 Å². The van der Waals surface area contributed by atoms with Crippen molar-refractivity contribution in [2.45, 2.75) is 51.0 Å². The van der Waals surface area contributed by atoms with Crippen molar-refractivity contribution in [1.82, 2.24) is 29.6 Å². The highest BCUT2D eigenvalue weighted by molar-refractivity contribution is 6.30. The van der Waals surface area contributed by atoms with Crippen molar-refractivity contribution < 1.29 is 18.3 Å². The minimum absolute atomic E-state index is 0.129. The number of fused-ring (bicyclic) bond motifs is 1. The maximum Gasteiger partial charge on any atom is 0.250 e. The van der Waals surface area contributed by atoms with Gasteiger partial charge in [0.15, 0.2) is 16.6 Å². The first-order chi connectivity index (χ1) is 18.9. The minimum Gasteiger partial charge on any atom is -0.471 e. The number of halogens is 4. The van der Waals surface area contributed by atoms with Gasteiger partial charge in [0, 0.05) is 34.9 Å². The number of likely N-dealkylation sites (tertiary alicyclic amines) is 1. The number of nitrogens with zero attached hydrogens (tertiary/aromatic N) is 6. The number of piperidine rings is 1. The van der Waals surface area contributed by atoms with Crippen molar-refractivity contribution in [3.05, 3.63) is 75.3 Å². The molecule has 0 amide bonds. The molecule has 39 heavy (non-hydrogen) atoms. The Morgan fingerprint density at radius 1 is 0.974 bits per heavy atom. The Bertz CT molecular complexity index is 1490. The van der Waals surface area contributed by atoms with Gasteiger partial charge in [-0.25, -0.2) is 18.7 Å². The molecule has 1 atom stereocenters. The number of benzene rings is 1. The second-order valence-electron chi connectivity index (χ2n) is 9.89. The quantitative estimate of drug-likeness (QED) is 0.273. The van der Waals surface area contributed by atoms with Crippen LogP contribution < -0.4 is 4.74 Å². The van der Waals surface area contributed by atoms with Crippen LogP contribution in [0.3, 0.4) is 0 Å². The Morgan fingerprint density at radius 2 is 1.79 bits per heavy atom. The molecule has 0 saturated carbocycles. The van der Waals surface area contributed by atoms with Gasteiger partial charge in [-0.05, 0) is 56.6 Å². The smallest absolute Gasteiger partial charge is 0.250 e. The van der Waals surface area contributed by atoms with Crippen LogP contribution in [0.1, 0.15) is 42.3 Å². The Kier molecular flexibility index (Phi) is 7.61. The molecule has 0 spiro atoms. The van der Waals surface area contributed by atoms with E-state index in [0.717, 1.165) is 56.0 Å². The zero-order valence-electron chi connectivity index (χ0n) is 21.0. The summed E-state index contributed by atoms with van der Waals surface area (Å²) in [5.41, 5.74) is 2.48. The lowest BCUT2D eigenvalue weighted by atomic mass is 9.93. The third-order valence-electron chi connectivity index (χ3n) is 7.31. The second kappa shape index (κ2) is 11.3. The van der Waals surface area contributed by atoms with E-state index in [9.17, 15) is 8.78 Å². The monoisotopic (exact) mass is 574 g/mol. The van der Waals surface area contributed by atoms with Gasteiger partial charge in [-0.1, -0.05) is 29.3 Å². The van der Waals surface area contributed by atoms with Gasteiger partial charge in [0.2, 0.25) is 0 Å². The fourth-order valence-electron chi connectivity index (χ4n) is 5.03. The van der Waals surface area contributed by atoms with Crippen LogP contribution in [0.15, 0.2) is 36.4 Å². The molecule has 2 saturated heterocycles. The summed E-state index contributed by atoms with van der Waals surface area (Å²) in [6.45, 7) is 3.63. The predicted octanol–water partition coefficient (Wildman–Crippen LogP) is 5.55. The fraction of sp³-hybridized carbons (Fsp3) is 0.407. The Hall–Kier alpha value is -2.92. The van der Waals surface area contributed by atoms with Crippen LogP contribution in [0, 0.1) is 11.6 Å². The largest absolute Gasteiger partial charge is 0.471 e. The van der Waals surface area contributed by atoms with Gasteiger partial charge in [-0.15, -0.1) is 10.2 Å². The molecule has 4 aromatic rings. The van der Waals surface area contributed by atoms with Crippen molar-refractivity contribution in [1.29, 1.82) is 0 Å². The van der Waals surface area contributed by atoms with Crippen molar-refractivity contribution >= 4 is 34.4 Å². The van der Waals surface area contributed by atoms with E-state index in [1.54, 1.807) is 18.2 Å². The Morgan fingerprint density at radius 3 is 2.54 bits per heavy atom. The molecule has 6 rings (SSSR count). The number of aromatic nitrogens is 5. The first-order valence-electron chi connectivity index (χ1n) is 12.9. The molecule has 0 bridgehead atoms. The molecule has 8 nitrogen and oxygen atoms in total. The van der Waals surface area contributed by atoms with Crippen molar-refractivity contribution in [3.63, 3.8) is 0 Å². The Balaban J connectivity index is 1.11. The highest BCUT2D eigenvalue weighted by Crippen LogP contribution is 2.30. The zero-order chi connectivity index (χ0) is 26.9. The van der Waals surface area contributed by atoms with Crippen LogP contribution in [0.2, 0.25) is 10.2 Å². The molecule has 204 valence electrons. The molecule has 1 aromatic carbocycles. The summed E-state index contributed by atoms with van der Waals surface area (Å²) in [6, 6.07) is 9.08. The van der Waals surface area contributed by atoms with E-state index in [1.165, 1.54) is 18.2 Å². The van der Waals surface area contributed by atoms with Gasteiger partial charge in [0.1, 0.15) is 23.8 Å². The van der Waals surface area contributed by atoms with Crippen LogP contribution in [0.5, 0.6) is 5.88 Å². The number of hydrogen-bond acceptors (Lipinski definition) is 7. The number of rotatable bonds is 8.